The molecule has 2 unspecified atom stereocenters. The van der Waals surface area contributed by atoms with E-state index in [0.717, 1.165) is 28.7 Å². The molecule has 2 saturated heterocycles. The van der Waals surface area contributed by atoms with Crippen LogP contribution in [0.1, 0.15) is 49.7 Å². The Balaban J connectivity index is 1.70. The second-order valence-corrected chi connectivity index (χ2v) is 11.3. The number of amides is 1. The van der Waals surface area contributed by atoms with Crippen LogP contribution in [0.15, 0.2) is 54.1 Å². The van der Waals surface area contributed by atoms with Crippen LogP contribution in [0.3, 0.4) is 0 Å². The van der Waals surface area contributed by atoms with Gasteiger partial charge in [0.15, 0.2) is 9.03 Å². The summed E-state index contributed by atoms with van der Waals surface area (Å²) in [5.41, 5.74) is 7.62. The number of fused-ring (bicyclic) bond motifs is 3. The van der Waals surface area contributed by atoms with E-state index in [2.05, 4.69) is 16.8 Å². The number of piperidine rings is 1. The largest absolute Gasteiger partial charge is 0.402 e. The smallest absolute Gasteiger partial charge is 0.335 e. The Morgan fingerprint density at radius 1 is 1.10 bits per heavy atom. The number of unbranched alkanes of at least 4 members (excludes halogenated alkanes) is 1. The summed E-state index contributed by atoms with van der Waals surface area (Å²) in [6, 6.07) is 15.6. The third-order valence-electron chi connectivity index (χ3n) is 8.28. The average Bonchev–Trinajstić information content (AvgIpc) is 3.29. The lowest BCUT2D eigenvalue weighted by Crippen LogP contribution is -2.71. The SMILES string of the molecule is CCCCC1(C(=O)NNCC(F)(F)F)C(C2c3ccccc3-c3ccccc32)C(=C=O)CCN1C1COPOC1. The molecule has 0 bridgehead atoms. The van der Waals surface area contributed by atoms with Crippen LogP contribution in [0.2, 0.25) is 0 Å². The molecule has 1 amide bonds. The van der Waals surface area contributed by atoms with Crippen molar-refractivity contribution in [1.29, 1.82) is 0 Å². The van der Waals surface area contributed by atoms with Gasteiger partial charge in [-0.3, -0.25) is 15.1 Å². The number of hydrogen-bond donors (Lipinski definition) is 2. The molecular weight excluding hydrogens is 542 g/mol. The highest BCUT2D eigenvalue weighted by molar-refractivity contribution is 7.26. The van der Waals surface area contributed by atoms with Gasteiger partial charge >= 0.3 is 6.18 Å². The molecule has 2 fully saturated rings. The molecule has 11 heteroatoms. The molecule has 2 aliphatic heterocycles. The van der Waals surface area contributed by atoms with Crippen molar-refractivity contribution in [3.63, 3.8) is 0 Å². The van der Waals surface area contributed by atoms with E-state index >= 15 is 0 Å². The zero-order valence-electron chi connectivity index (χ0n) is 22.2. The van der Waals surface area contributed by atoms with Gasteiger partial charge in [0.25, 0.3) is 5.91 Å². The minimum absolute atomic E-state index is 0.113. The molecule has 2 aromatic carbocycles. The van der Waals surface area contributed by atoms with E-state index in [4.69, 9.17) is 9.05 Å². The van der Waals surface area contributed by atoms with Crippen LogP contribution in [0.5, 0.6) is 0 Å². The maximum atomic E-state index is 14.4. The van der Waals surface area contributed by atoms with Crippen molar-refractivity contribution < 1.29 is 31.8 Å². The number of likely N-dealkylation sites (tertiary alicyclic amines) is 1. The number of halogens is 3. The lowest BCUT2D eigenvalue weighted by molar-refractivity contribution is -0.150. The Bertz CT molecular complexity index is 1230. The van der Waals surface area contributed by atoms with Gasteiger partial charge in [0.1, 0.15) is 18.0 Å². The molecule has 0 saturated carbocycles. The molecule has 5 rings (SSSR count). The van der Waals surface area contributed by atoms with E-state index in [-0.39, 0.29) is 21.0 Å². The van der Waals surface area contributed by atoms with Crippen molar-refractivity contribution in [2.24, 2.45) is 5.92 Å². The molecule has 0 aromatic heterocycles. The van der Waals surface area contributed by atoms with Crippen molar-refractivity contribution in [2.75, 3.05) is 26.3 Å². The fourth-order valence-electron chi connectivity index (χ4n) is 6.71. The number of rotatable bonds is 8. The van der Waals surface area contributed by atoms with Gasteiger partial charge in [-0.2, -0.15) is 13.2 Å². The molecule has 40 heavy (non-hydrogen) atoms. The van der Waals surface area contributed by atoms with E-state index in [1.54, 1.807) is 0 Å². The predicted octanol–water partition coefficient (Wildman–Crippen LogP) is 4.91. The second kappa shape index (κ2) is 12.1. The van der Waals surface area contributed by atoms with Gasteiger partial charge in [-0.15, -0.1) is 0 Å². The average molecular weight is 576 g/mol. The Hall–Kier alpha value is -2.58. The van der Waals surface area contributed by atoms with Gasteiger partial charge in [0.05, 0.1) is 19.3 Å². The number of carbonyl (C=O) groups is 1. The maximum absolute atomic E-state index is 14.4. The summed E-state index contributed by atoms with van der Waals surface area (Å²) < 4.78 is 50.5. The zero-order valence-corrected chi connectivity index (χ0v) is 23.2. The first-order valence-electron chi connectivity index (χ1n) is 13.6. The van der Waals surface area contributed by atoms with Gasteiger partial charge in [0.2, 0.25) is 0 Å². The summed E-state index contributed by atoms with van der Waals surface area (Å²) in [6.45, 7) is 1.62. The Morgan fingerprint density at radius 3 is 2.30 bits per heavy atom. The molecule has 0 spiro atoms. The standard InChI is InChI=1S/C29H33F3N3O4P/c1-2-3-13-28(27(37)34-33-18-29(30,31)32)26(19(15-36)12-14-35(28)20-16-38-40-39-17-20)25-23-10-6-4-8-21(23)22-9-5-7-11-24(22)25/h4-11,20,25-26,33,40H,2-3,12-14,16-18H2,1H3,(H,34,37). The van der Waals surface area contributed by atoms with Crippen LogP contribution in [-0.4, -0.2) is 60.8 Å². The number of nitrogens with one attached hydrogen (secondary N) is 2. The molecule has 7 nitrogen and oxygen atoms in total. The number of alkyl halides is 3. The number of carbonyl (C=O) groups excluding carboxylic acids is 2. The number of nitrogens with zero attached hydrogens (tertiary/aromatic N) is 1. The number of hydrazine groups is 1. The maximum Gasteiger partial charge on any atom is 0.402 e. The van der Waals surface area contributed by atoms with Gasteiger partial charge in [-0.25, -0.2) is 10.2 Å². The lowest BCUT2D eigenvalue weighted by atomic mass is 9.62. The number of benzene rings is 2. The first-order valence-corrected chi connectivity index (χ1v) is 14.4. The van der Waals surface area contributed by atoms with E-state index in [0.29, 0.717) is 44.6 Å². The molecule has 1 aliphatic carbocycles. The van der Waals surface area contributed by atoms with Crippen molar-refractivity contribution in [3.8, 4) is 11.1 Å². The number of hydrogen-bond acceptors (Lipinski definition) is 6. The summed E-state index contributed by atoms with van der Waals surface area (Å²) in [5.74, 6) is 0.536. The normalized spacial score (nSPS) is 25.9. The molecule has 2 aromatic rings. The van der Waals surface area contributed by atoms with Crippen LogP contribution in [0.25, 0.3) is 11.1 Å². The lowest BCUT2D eigenvalue weighted by Gasteiger charge is -2.55. The monoisotopic (exact) mass is 575 g/mol. The van der Waals surface area contributed by atoms with Crippen LogP contribution in [0, 0.1) is 5.92 Å². The summed E-state index contributed by atoms with van der Waals surface area (Å²) in [5, 5.41) is 0. The third-order valence-corrected chi connectivity index (χ3v) is 8.85. The summed E-state index contributed by atoms with van der Waals surface area (Å²) in [6.07, 6.45) is -2.43. The topological polar surface area (TPSA) is 79.9 Å². The first-order chi connectivity index (χ1) is 19.3. The van der Waals surface area contributed by atoms with Gasteiger partial charge in [-0.1, -0.05) is 68.3 Å². The van der Waals surface area contributed by atoms with Crippen LogP contribution in [0.4, 0.5) is 13.2 Å². The highest BCUT2D eigenvalue weighted by Crippen LogP contribution is 2.56. The van der Waals surface area contributed by atoms with Crippen LogP contribution >= 0.6 is 9.03 Å². The second-order valence-electron chi connectivity index (χ2n) is 10.5. The van der Waals surface area contributed by atoms with Crippen molar-refractivity contribution in [1.82, 2.24) is 15.8 Å². The molecule has 2 heterocycles. The zero-order chi connectivity index (χ0) is 28.3. The quantitative estimate of drug-likeness (QED) is 0.265. The first kappa shape index (κ1) is 28.9. The fourth-order valence-corrected chi connectivity index (χ4v) is 7.31. The highest BCUT2D eigenvalue weighted by Gasteiger charge is 2.59. The third kappa shape index (κ3) is 5.37. The molecule has 0 radical (unpaired) electrons. The van der Waals surface area contributed by atoms with E-state index in [1.165, 1.54) is 0 Å². The van der Waals surface area contributed by atoms with Crippen molar-refractivity contribution >= 4 is 20.9 Å². The Kier molecular flexibility index (Phi) is 8.76. The molecule has 214 valence electrons. The van der Waals surface area contributed by atoms with E-state index in [1.807, 2.05) is 60.4 Å². The summed E-state index contributed by atoms with van der Waals surface area (Å²) >= 11 is 0. The van der Waals surface area contributed by atoms with E-state index < -0.39 is 30.1 Å². The summed E-state index contributed by atoms with van der Waals surface area (Å²) in [7, 11) is -0.113. The van der Waals surface area contributed by atoms with Crippen molar-refractivity contribution in [3.05, 3.63) is 65.2 Å². The predicted molar refractivity (Wildman–Crippen MR) is 146 cm³/mol. The van der Waals surface area contributed by atoms with Gasteiger partial charge < -0.3 is 9.05 Å². The van der Waals surface area contributed by atoms with Gasteiger partial charge in [0, 0.05) is 24.0 Å². The fraction of sp³-hybridized carbons (Fsp3) is 0.483. The minimum Gasteiger partial charge on any atom is -0.335 e. The highest BCUT2D eigenvalue weighted by atomic mass is 31.1. The Labute approximate surface area is 233 Å². The van der Waals surface area contributed by atoms with Crippen molar-refractivity contribution in [2.45, 2.75) is 56.3 Å². The van der Waals surface area contributed by atoms with Crippen LogP contribution < -0.4 is 10.9 Å². The molecule has 2 atom stereocenters. The molecular formula is C29H33F3N3O4P. The Morgan fingerprint density at radius 2 is 1.73 bits per heavy atom. The molecule has 3 aliphatic rings. The molecule has 2 N–H and O–H groups in total. The summed E-state index contributed by atoms with van der Waals surface area (Å²) in [4.78, 5) is 29.1. The van der Waals surface area contributed by atoms with Crippen LogP contribution in [-0.2, 0) is 18.6 Å². The van der Waals surface area contributed by atoms with Gasteiger partial charge in [-0.05, 0) is 35.1 Å². The van der Waals surface area contributed by atoms with E-state index in [9.17, 15) is 22.8 Å². The minimum atomic E-state index is -4.52.